The Labute approximate surface area is 103 Å². The Hall–Kier alpha value is -0.570. The van der Waals surface area contributed by atoms with Gasteiger partial charge < -0.3 is 0 Å². The van der Waals surface area contributed by atoms with Gasteiger partial charge in [0.25, 0.3) is 0 Å². The number of hydrogen-bond donors (Lipinski definition) is 0. The van der Waals surface area contributed by atoms with Crippen molar-refractivity contribution < 1.29 is 0 Å². The van der Waals surface area contributed by atoms with E-state index in [0.29, 0.717) is 10.0 Å². The van der Waals surface area contributed by atoms with E-state index >= 15 is 0 Å². The van der Waals surface area contributed by atoms with Crippen molar-refractivity contribution in [3.8, 4) is 0 Å². The van der Waals surface area contributed by atoms with Crippen LogP contribution >= 0.6 is 34.5 Å². The molecule has 4 heteroatoms. The molecule has 0 bridgehead atoms. The second kappa shape index (κ2) is 4.97. The molecule has 1 aromatic carbocycles. The van der Waals surface area contributed by atoms with Crippen molar-refractivity contribution in [3.63, 3.8) is 0 Å². The van der Waals surface area contributed by atoms with E-state index < -0.39 is 0 Å². The zero-order chi connectivity index (χ0) is 10.7. The molecule has 77 valence electrons. The lowest BCUT2D eigenvalue weighted by atomic mass is 10.1. The van der Waals surface area contributed by atoms with E-state index in [1.54, 1.807) is 17.4 Å². The Morgan fingerprint density at radius 1 is 1.27 bits per heavy atom. The zero-order valence-electron chi connectivity index (χ0n) is 7.78. The summed E-state index contributed by atoms with van der Waals surface area (Å²) >= 11 is 13.3. The Morgan fingerprint density at radius 3 is 2.80 bits per heavy atom. The number of benzene rings is 1. The van der Waals surface area contributed by atoms with Crippen LogP contribution in [0, 0.1) is 6.42 Å². The van der Waals surface area contributed by atoms with Gasteiger partial charge in [0, 0.05) is 5.38 Å². The van der Waals surface area contributed by atoms with E-state index in [0.717, 1.165) is 17.7 Å². The summed E-state index contributed by atoms with van der Waals surface area (Å²) in [6.45, 7) is 0. The van der Waals surface area contributed by atoms with Gasteiger partial charge in [-0.25, -0.2) is 4.98 Å². The molecule has 2 aromatic rings. The van der Waals surface area contributed by atoms with E-state index in [4.69, 9.17) is 23.2 Å². The first-order valence-electron chi connectivity index (χ1n) is 4.41. The predicted octanol–water partition coefficient (Wildman–Crippen LogP) is 4.24. The van der Waals surface area contributed by atoms with Gasteiger partial charge in [-0.3, -0.25) is 0 Å². The molecule has 0 atom stereocenters. The third-order valence-corrected chi connectivity index (χ3v) is 3.35. The molecule has 0 saturated carbocycles. The molecule has 0 fully saturated rings. The van der Waals surface area contributed by atoms with Crippen LogP contribution < -0.4 is 0 Å². The van der Waals surface area contributed by atoms with Crippen molar-refractivity contribution in [2.24, 2.45) is 0 Å². The van der Waals surface area contributed by atoms with Crippen molar-refractivity contribution in [2.45, 2.75) is 6.42 Å². The first-order valence-corrected chi connectivity index (χ1v) is 6.11. The van der Waals surface area contributed by atoms with Crippen LogP contribution in [-0.4, -0.2) is 4.98 Å². The molecule has 0 saturated heterocycles. The fourth-order valence-corrected chi connectivity index (χ4v) is 2.08. The molecule has 0 aliphatic heterocycles. The summed E-state index contributed by atoms with van der Waals surface area (Å²) in [5, 5.41) is 3.21. The number of rotatable bonds is 3. The Morgan fingerprint density at radius 2 is 2.13 bits per heavy atom. The van der Waals surface area contributed by atoms with Gasteiger partial charge >= 0.3 is 0 Å². The van der Waals surface area contributed by atoms with Crippen molar-refractivity contribution >= 4 is 34.5 Å². The van der Waals surface area contributed by atoms with Crippen LogP contribution in [0.2, 0.25) is 10.0 Å². The minimum atomic E-state index is 0.586. The van der Waals surface area contributed by atoms with Crippen molar-refractivity contribution in [1.29, 1.82) is 0 Å². The van der Waals surface area contributed by atoms with Gasteiger partial charge in [0.05, 0.1) is 21.2 Å². The van der Waals surface area contributed by atoms with Gasteiger partial charge in [0.15, 0.2) is 0 Å². The Balaban J connectivity index is 2.02. The predicted molar refractivity (Wildman–Crippen MR) is 65.7 cm³/mol. The molecule has 0 unspecified atom stereocenters. The van der Waals surface area contributed by atoms with Crippen molar-refractivity contribution in [3.05, 3.63) is 56.8 Å². The van der Waals surface area contributed by atoms with Crippen LogP contribution in [0.25, 0.3) is 0 Å². The van der Waals surface area contributed by atoms with Crippen LogP contribution in [0.3, 0.4) is 0 Å². The number of aromatic nitrogens is 1. The highest BCUT2D eigenvalue weighted by atomic mass is 35.5. The minimum Gasteiger partial charge on any atom is -0.250 e. The van der Waals surface area contributed by atoms with E-state index in [1.807, 2.05) is 23.0 Å². The first kappa shape index (κ1) is 10.9. The van der Waals surface area contributed by atoms with Crippen LogP contribution in [0.15, 0.2) is 29.1 Å². The zero-order valence-corrected chi connectivity index (χ0v) is 10.1. The molecule has 0 aliphatic rings. The van der Waals surface area contributed by atoms with Crippen LogP contribution in [0.1, 0.15) is 11.3 Å². The summed E-state index contributed by atoms with van der Waals surface area (Å²) in [7, 11) is 0. The van der Waals surface area contributed by atoms with E-state index in [-0.39, 0.29) is 0 Å². The lowest BCUT2D eigenvalue weighted by Gasteiger charge is -2.01. The highest BCUT2D eigenvalue weighted by molar-refractivity contribution is 7.07. The molecule has 0 spiro atoms. The van der Waals surface area contributed by atoms with Gasteiger partial charge in [-0.05, 0) is 30.5 Å². The Kier molecular flexibility index (Phi) is 3.62. The number of halogens is 2. The second-order valence-electron chi connectivity index (χ2n) is 3.06. The molecule has 2 rings (SSSR count). The monoisotopic (exact) mass is 256 g/mol. The van der Waals surface area contributed by atoms with Gasteiger partial charge in [-0.1, -0.05) is 29.3 Å². The SMILES string of the molecule is Clc1ccc([CH]Cc2cscn2)cc1Cl. The molecule has 0 N–H and O–H groups in total. The first-order chi connectivity index (χ1) is 7.25. The molecule has 1 aromatic heterocycles. The third-order valence-electron chi connectivity index (χ3n) is 1.97. The average molecular weight is 257 g/mol. The summed E-state index contributed by atoms with van der Waals surface area (Å²) in [6, 6.07) is 5.60. The van der Waals surface area contributed by atoms with Gasteiger partial charge in [-0.15, -0.1) is 11.3 Å². The van der Waals surface area contributed by atoms with Gasteiger partial charge in [0.1, 0.15) is 0 Å². The number of thiazole rings is 1. The quantitative estimate of drug-likeness (QED) is 0.801. The van der Waals surface area contributed by atoms with Gasteiger partial charge in [0.2, 0.25) is 0 Å². The fraction of sp³-hybridized carbons (Fsp3) is 0.0909. The molecule has 15 heavy (non-hydrogen) atoms. The van der Waals surface area contributed by atoms with Crippen LogP contribution in [-0.2, 0) is 6.42 Å². The maximum atomic E-state index is 5.91. The maximum Gasteiger partial charge on any atom is 0.0794 e. The lowest BCUT2D eigenvalue weighted by Crippen LogP contribution is -1.88. The summed E-state index contributed by atoms with van der Waals surface area (Å²) in [5.74, 6) is 0. The highest BCUT2D eigenvalue weighted by Crippen LogP contribution is 2.23. The normalized spacial score (nSPS) is 10.5. The van der Waals surface area contributed by atoms with Gasteiger partial charge in [-0.2, -0.15) is 0 Å². The topological polar surface area (TPSA) is 12.9 Å². The largest absolute Gasteiger partial charge is 0.250 e. The minimum absolute atomic E-state index is 0.586. The summed E-state index contributed by atoms with van der Waals surface area (Å²) in [5.41, 5.74) is 3.97. The van der Waals surface area contributed by atoms with Crippen molar-refractivity contribution in [2.75, 3.05) is 0 Å². The van der Waals surface area contributed by atoms with Crippen molar-refractivity contribution in [1.82, 2.24) is 4.98 Å². The summed E-state index contributed by atoms with van der Waals surface area (Å²) < 4.78 is 0. The average Bonchev–Trinajstić information content (AvgIpc) is 2.73. The smallest absolute Gasteiger partial charge is 0.0794 e. The molecule has 1 heterocycles. The summed E-state index contributed by atoms with van der Waals surface area (Å²) in [6.07, 6.45) is 2.90. The lowest BCUT2D eigenvalue weighted by molar-refractivity contribution is 1.09. The summed E-state index contributed by atoms with van der Waals surface area (Å²) in [4.78, 5) is 4.20. The molecular weight excluding hydrogens is 249 g/mol. The molecular formula is C11H8Cl2NS. The molecule has 1 radical (unpaired) electrons. The third kappa shape index (κ3) is 2.94. The number of hydrogen-bond acceptors (Lipinski definition) is 2. The van der Waals surface area contributed by atoms with Crippen LogP contribution in [0.5, 0.6) is 0 Å². The van der Waals surface area contributed by atoms with E-state index in [1.165, 1.54) is 0 Å². The molecule has 1 nitrogen and oxygen atoms in total. The standard InChI is InChI=1S/C11H8Cl2NS/c12-10-4-2-8(5-11(10)13)1-3-9-6-15-7-14-9/h1-2,4-7H,3H2. The molecule has 0 aliphatic carbocycles. The fourth-order valence-electron chi connectivity index (χ4n) is 1.20. The Bertz CT molecular complexity index is 440. The van der Waals surface area contributed by atoms with E-state index in [9.17, 15) is 0 Å². The number of nitrogens with zero attached hydrogens (tertiary/aromatic N) is 1. The van der Waals surface area contributed by atoms with E-state index in [2.05, 4.69) is 11.4 Å². The maximum absolute atomic E-state index is 5.91. The second-order valence-corrected chi connectivity index (χ2v) is 4.59. The van der Waals surface area contributed by atoms with Crippen LogP contribution in [0.4, 0.5) is 0 Å². The highest BCUT2D eigenvalue weighted by Gasteiger charge is 2.01. The molecule has 0 amide bonds.